The molecular weight excluding hydrogens is 410 g/mol. The maximum Gasteiger partial charge on any atom is 0.417 e. The molecule has 0 aliphatic rings. The van der Waals surface area contributed by atoms with E-state index in [-0.39, 0.29) is 29.4 Å². The molecule has 2 rings (SSSR count). The van der Waals surface area contributed by atoms with Gasteiger partial charge in [-0.2, -0.15) is 13.2 Å². The number of aliphatic hydroxyl groups excluding tert-OH is 1. The summed E-state index contributed by atoms with van der Waals surface area (Å²) < 4.78 is 38.0. The first-order valence-corrected chi connectivity index (χ1v) is 8.11. The van der Waals surface area contributed by atoms with E-state index in [2.05, 4.69) is 15.6 Å². The number of alkyl halides is 3. The Hall–Kier alpha value is -2.36. The molecule has 1 aromatic heterocycles. The average molecular weight is 422 g/mol. The topological polar surface area (TPSA) is 91.3 Å². The molecule has 0 spiro atoms. The van der Waals surface area contributed by atoms with Crippen LogP contribution < -0.4 is 10.6 Å². The first-order valence-electron chi connectivity index (χ1n) is 7.36. The lowest BCUT2D eigenvalue weighted by Gasteiger charge is -2.13. The van der Waals surface area contributed by atoms with Crippen molar-refractivity contribution in [1.82, 2.24) is 10.3 Å². The second-order valence-corrected chi connectivity index (χ2v) is 6.02. The summed E-state index contributed by atoms with van der Waals surface area (Å²) in [7, 11) is 0. The van der Waals surface area contributed by atoms with Gasteiger partial charge in [-0.1, -0.05) is 23.2 Å². The maximum absolute atomic E-state index is 12.7. The third-order valence-electron chi connectivity index (χ3n) is 3.26. The van der Waals surface area contributed by atoms with Crippen molar-refractivity contribution < 1.29 is 27.9 Å². The van der Waals surface area contributed by atoms with Crippen LogP contribution in [0.25, 0.3) is 0 Å². The molecule has 0 fully saturated rings. The smallest absolute Gasteiger partial charge is 0.395 e. The average Bonchev–Trinajstić information content (AvgIpc) is 2.60. The summed E-state index contributed by atoms with van der Waals surface area (Å²) in [5.41, 5.74) is -1.51. The molecule has 0 bridgehead atoms. The Kier molecular flexibility index (Phi) is 6.63. The summed E-state index contributed by atoms with van der Waals surface area (Å²) in [6.45, 7) is -0.315. The normalized spacial score (nSPS) is 11.2. The molecule has 0 radical (unpaired) electrons. The van der Waals surface area contributed by atoms with Gasteiger partial charge in [0.15, 0.2) is 0 Å². The predicted molar refractivity (Wildman–Crippen MR) is 93.1 cm³/mol. The SMILES string of the molecule is O=C(NCCO)c1cc(Cl)ccc1NC(=O)c1ncc(C(F)(F)F)cc1Cl. The lowest BCUT2D eigenvalue weighted by molar-refractivity contribution is -0.137. The molecule has 0 unspecified atom stereocenters. The molecule has 2 aromatic rings. The molecule has 1 aromatic carbocycles. The van der Waals surface area contributed by atoms with E-state index >= 15 is 0 Å². The zero-order chi connectivity index (χ0) is 20.2. The number of pyridine rings is 1. The largest absolute Gasteiger partial charge is 0.417 e. The van der Waals surface area contributed by atoms with Gasteiger partial charge in [-0.15, -0.1) is 0 Å². The van der Waals surface area contributed by atoms with E-state index in [9.17, 15) is 22.8 Å². The van der Waals surface area contributed by atoms with Crippen molar-refractivity contribution in [3.63, 3.8) is 0 Å². The Labute approximate surface area is 161 Å². The minimum absolute atomic E-state index is 0.00710. The summed E-state index contributed by atoms with van der Waals surface area (Å²) in [5.74, 6) is -1.53. The van der Waals surface area contributed by atoms with Crippen LogP contribution in [0.1, 0.15) is 26.4 Å². The Balaban J connectivity index is 2.29. The van der Waals surface area contributed by atoms with Gasteiger partial charge in [-0.25, -0.2) is 4.98 Å². The highest BCUT2D eigenvalue weighted by Crippen LogP contribution is 2.31. The maximum atomic E-state index is 12.7. The van der Waals surface area contributed by atoms with Crippen molar-refractivity contribution in [3.05, 3.63) is 57.3 Å². The van der Waals surface area contributed by atoms with Crippen molar-refractivity contribution in [2.24, 2.45) is 0 Å². The van der Waals surface area contributed by atoms with E-state index in [1.165, 1.54) is 18.2 Å². The summed E-state index contributed by atoms with van der Waals surface area (Å²) in [4.78, 5) is 27.9. The van der Waals surface area contributed by atoms with Crippen LogP contribution in [-0.4, -0.2) is 35.1 Å². The molecule has 0 aliphatic heterocycles. The third-order valence-corrected chi connectivity index (χ3v) is 3.78. The van der Waals surface area contributed by atoms with Gasteiger partial charge in [0, 0.05) is 17.8 Å². The molecule has 0 aliphatic carbocycles. The number of hydrogen-bond donors (Lipinski definition) is 3. The van der Waals surface area contributed by atoms with Gasteiger partial charge in [0.25, 0.3) is 11.8 Å². The highest BCUT2D eigenvalue weighted by Gasteiger charge is 2.32. The number of benzene rings is 1. The van der Waals surface area contributed by atoms with Crippen LogP contribution in [0, 0.1) is 0 Å². The summed E-state index contributed by atoms with van der Waals surface area (Å²) >= 11 is 11.6. The first kappa shape index (κ1) is 20.9. The fourth-order valence-electron chi connectivity index (χ4n) is 2.02. The molecule has 11 heteroatoms. The van der Waals surface area contributed by atoms with Crippen molar-refractivity contribution in [3.8, 4) is 0 Å². The van der Waals surface area contributed by atoms with Crippen molar-refractivity contribution in [1.29, 1.82) is 0 Å². The number of aromatic nitrogens is 1. The zero-order valence-electron chi connectivity index (χ0n) is 13.4. The van der Waals surface area contributed by atoms with E-state index in [1.807, 2.05) is 0 Å². The number of nitrogens with zero attached hydrogens (tertiary/aromatic N) is 1. The Morgan fingerprint density at radius 2 is 1.85 bits per heavy atom. The van der Waals surface area contributed by atoms with Gasteiger partial charge in [0.05, 0.1) is 28.4 Å². The Morgan fingerprint density at radius 1 is 1.15 bits per heavy atom. The van der Waals surface area contributed by atoms with E-state index in [4.69, 9.17) is 28.3 Å². The van der Waals surface area contributed by atoms with E-state index < -0.39 is 34.3 Å². The molecule has 0 atom stereocenters. The predicted octanol–water partition coefficient (Wildman–Crippen LogP) is 3.38. The highest BCUT2D eigenvalue weighted by atomic mass is 35.5. The van der Waals surface area contributed by atoms with Crippen LogP contribution in [0.3, 0.4) is 0 Å². The number of rotatable bonds is 5. The van der Waals surface area contributed by atoms with Crippen LogP contribution in [-0.2, 0) is 6.18 Å². The van der Waals surface area contributed by atoms with Gasteiger partial charge in [-0.05, 0) is 24.3 Å². The molecule has 3 N–H and O–H groups in total. The van der Waals surface area contributed by atoms with E-state index in [0.717, 1.165) is 0 Å². The van der Waals surface area contributed by atoms with Gasteiger partial charge >= 0.3 is 6.18 Å². The van der Waals surface area contributed by atoms with Gasteiger partial charge < -0.3 is 15.7 Å². The summed E-state index contributed by atoms with van der Waals surface area (Å²) in [5, 5.41) is 13.3. The minimum atomic E-state index is -4.65. The van der Waals surface area contributed by atoms with Crippen LogP contribution in [0.2, 0.25) is 10.0 Å². The lowest BCUT2D eigenvalue weighted by Crippen LogP contribution is -2.28. The molecule has 0 saturated carbocycles. The van der Waals surface area contributed by atoms with Crippen LogP contribution in [0.5, 0.6) is 0 Å². The number of anilines is 1. The van der Waals surface area contributed by atoms with Crippen LogP contribution >= 0.6 is 23.2 Å². The summed E-state index contributed by atoms with van der Waals surface area (Å²) in [6.07, 6.45) is -4.17. The zero-order valence-corrected chi connectivity index (χ0v) is 14.9. The minimum Gasteiger partial charge on any atom is -0.395 e. The Bertz CT molecular complexity index is 876. The summed E-state index contributed by atoms with van der Waals surface area (Å²) in [6, 6.07) is 4.61. The molecule has 27 heavy (non-hydrogen) atoms. The number of carbonyl (C=O) groups excluding carboxylic acids is 2. The fraction of sp³-hybridized carbons (Fsp3) is 0.188. The monoisotopic (exact) mass is 421 g/mol. The number of aliphatic hydroxyl groups is 1. The quantitative estimate of drug-likeness (QED) is 0.689. The van der Waals surface area contributed by atoms with Crippen molar-refractivity contribution in [2.75, 3.05) is 18.5 Å². The van der Waals surface area contributed by atoms with E-state index in [0.29, 0.717) is 12.3 Å². The molecule has 2 amide bonds. The van der Waals surface area contributed by atoms with Gasteiger partial charge in [-0.3, -0.25) is 9.59 Å². The second-order valence-electron chi connectivity index (χ2n) is 5.18. The molecule has 0 saturated heterocycles. The first-order chi connectivity index (χ1) is 12.6. The number of amides is 2. The fourth-order valence-corrected chi connectivity index (χ4v) is 2.44. The molecule has 6 nitrogen and oxygen atoms in total. The van der Waals surface area contributed by atoms with Crippen LogP contribution in [0.4, 0.5) is 18.9 Å². The van der Waals surface area contributed by atoms with Crippen LogP contribution in [0.15, 0.2) is 30.5 Å². The molecule has 1 heterocycles. The van der Waals surface area contributed by atoms with E-state index in [1.54, 1.807) is 0 Å². The standard InChI is InChI=1S/C16H12Cl2F3N3O3/c17-9-1-2-12(10(6-9)14(26)22-3-4-25)24-15(27)13-11(18)5-8(7-23-13)16(19,20)21/h1-2,5-7,25H,3-4H2,(H,22,26)(H,24,27). The highest BCUT2D eigenvalue weighted by molar-refractivity contribution is 6.34. The molecule has 144 valence electrons. The number of hydrogen-bond acceptors (Lipinski definition) is 4. The van der Waals surface area contributed by atoms with Gasteiger partial charge in [0.2, 0.25) is 0 Å². The number of halogens is 5. The van der Waals surface area contributed by atoms with Gasteiger partial charge in [0.1, 0.15) is 5.69 Å². The van der Waals surface area contributed by atoms with Crippen molar-refractivity contribution in [2.45, 2.75) is 6.18 Å². The lowest BCUT2D eigenvalue weighted by atomic mass is 10.1. The number of nitrogens with one attached hydrogen (secondary N) is 2. The second kappa shape index (κ2) is 8.55. The third kappa shape index (κ3) is 5.31. The van der Waals surface area contributed by atoms with Crippen molar-refractivity contribution >= 4 is 40.7 Å². The number of carbonyl (C=O) groups is 2. The molecular formula is C16H12Cl2F3N3O3. The Morgan fingerprint density at radius 3 is 2.44 bits per heavy atom.